The summed E-state index contributed by atoms with van der Waals surface area (Å²) in [7, 11) is 8.82. The van der Waals surface area contributed by atoms with E-state index in [2.05, 4.69) is 20.9 Å². The van der Waals surface area contributed by atoms with Gasteiger partial charge in [0.25, 0.3) is 5.91 Å². The number of rotatable bonds is 14. The molecule has 2 aromatic heterocycles. The predicted octanol–water partition coefficient (Wildman–Crippen LogP) is 6.10. The van der Waals surface area contributed by atoms with Crippen LogP contribution in [0.3, 0.4) is 0 Å². The second-order valence-electron chi connectivity index (χ2n) is 12.7. The number of carbonyl (C=O) groups is 4. The van der Waals surface area contributed by atoms with Crippen molar-refractivity contribution in [2.75, 3.05) is 58.1 Å². The minimum Gasteiger partial charge on any atom is -0.493 e. The molecule has 2 aliphatic heterocycles. The maximum absolute atomic E-state index is 12.9. The number of nitrogens with zero attached hydrogens (tertiary/aromatic N) is 4. The summed E-state index contributed by atoms with van der Waals surface area (Å²) in [5.41, 5.74) is 5.82. The average Bonchev–Trinajstić information content (AvgIpc) is 3.92. The van der Waals surface area contributed by atoms with E-state index >= 15 is 0 Å². The summed E-state index contributed by atoms with van der Waals surface area (Å²) in [6.07, 6.45) is 8.82. The van der Waals surface area contributed by atoms with Crippen LogP contribution in [0.1, 0.15) is 70.9 Å². The lowest BCUT2D eigenvalue weighted by Gasteiger charge is -2.20. The van der Waals surface area contributed by atoms with Crippen LogP contribution in [0.25, 0.3) is 11.1 Å². The van der Waals surface area contributed by atoms with Crippen LogP contribution in [-0.4, -0.2) is 97.9 Å². The Hall–Kier alpha value is -5.89. The van der Waals surface area contributed by atoms with Gasteiger partial charge in [-0.3, -0.25) is 19.4 Å². The van der Waals surface area contributed by atoms with Crippen molar-refractivity contribution in [3.8, 4) is 22.6 Å². The number of hydrogen-bond acceptors (Lipinski definition) is 10. The van der Waals surface area contributed by atoms with Crippen LogP contribution < -0.4 is 25.4 Å². The number of aliphatic imine (C=N–C) groups is 1. The van der Waals surface area contributed by atoms with E-state index in [0.29, 0.717) is 66.0 Å². The fourth-order valence-electron chi connectivity index (χ4n) is 6.10. The summed E-state index contributed by atoms with van der Waals surface area (Å²) in [4.78, 5) is 54.4. The highest BCUT2D eigenvalue weighted by atomic mass is 16.5. The SMILES string of the molecule is CC.CNCCOC(=O)c1cc(-c2ccc(NC)cc2)cn1C.COc1cc2c(cc1OCCCC(=O)Nc1cc(C=O)n(C)c1)N=CC1CCCN1C2=O. The highest BCUT2D eigenvalue weighted by Gasteiger charge is 2.32. The average molecular weight is 756 g/mol. The molecule has 1 atom stereocenters. The van der Waals surface area contributed by atoms with E-state index in [9.17, 15) is 19.2 Å². The lowest BCUT2D eigenvalue weighted by Crippen LogP contribution is -2.35. The molecule has 4 heterocycles. The maximum atomic E-state index is 12.9. The molecular weight excluding hydrogens is 702 g/mol. The molecule has 2 aliphatic rings. The number of likely N-dealkylation sites (N-methyl/N-ethyl adjacent to an activating group) is 1. The molecule has 0 aliphatic carbocycles. The molecule has 3 N–H and O–H groups in total. The van der Waals surface area contributed by atoms with Crippen molar-refractivity contribution in [3.63, 3.8) is 0 Å². The van der Waals surface area contributed by atoms with Crippen LogP contribution >= 0.6 is 0 Å². The number of amides is 2. The number of carbonyl (C=O) groups excluding carboxylic acids is 4. The number of anilines is 2. The number of fused-ring (bicyclic) bond motifs is 2. The van der Waals surface area contributed by atoms with Crippen molar-refractivity contribution in [3.05, 3.63) is 77.9 Å². The van der Waals surface area contributed by atoms with Gasteiger partial charge in [0.05, 0.1) is 42.4 Å². The quantitative estimate of drug-likeness (QED) is 0.0786. The Labute approximate surface area is 322 Å². The van der Waals surface area contributed by atoms with Crippen LogP contribution in [0, 0.1) is 0 Å². The molecule has 14 heteroatoms. The molecule has 1 fully saturated rings. The maximum Gasteiger partial charge on any atom is 0.355 e. The molecular formula is C41H53N7O7. The third kappa shape index (κ3) is 10.8. The fourth-order valence-corrected chi connectivity index (χ4v) is 6.10. The molecule has 14 nitrogen and oxygen atoms in total. The fraction of sp³-hybridized carbons (Fsp3) is 0.390. The Kier molecular flexibility index (Phi) is 15.6. The minimum atomic E-state index is -0.300. The zero-order valence-electron chi connectivity index (χ0n) is 32.8. The van der Waals surface area contributed by atoms with E-state index in [-0.39, 0.29) is 30.2 Å². The van der Waals surface area contributed by atoms with E-state index in [1.54, 1.807) is 40.6 Å². The zero-order chi connectivity index (χ0) is 39.9. The Morgan fingerprint density at radius 2 is 1.71 bits per heavy atom. The van der Waals surface area contributed by atoms with Gasteiger partial charge in [-0.2, -0.15) is 0 Å². The highest BCUT2D eigenvalue weighted by Crippen LogP contribution is 2.38. The Balaban J connectivity index is 0.000000254. The highest BCUT2D eigenvalue weighted by molar-refractivity contribution is 6.03. The van der Waals surface area contributed by atoms with Crippen molar-refractivity contribution >= 4 is 47.3 Å². The van der Waals surface area contributed by atoms with Gasteiger partial charge in [-0.15, -0.1) is 0 Å². The van der Waals surface area contributed by atoms with Gasteiger partial charge in [0.1, 0.15) is 12.3 Å². The van der Waals surface area contributed by atoms with Crippen LogP contribution in [0.4, 0.5) is 17.1 Å². The minimum absolute atomic E-state index is 0.0380. The van der Waals surface area contributed by atoms with Crippen molar-refractivity contribution in [2.24, 2.45) is 19.1 Å². The summed E-state index contributed by atoms with van der Waals surface area (Å²) in [6, 6.07) is 15.0. The van der Waals surface area contributed by atoms with Crippen molar-refractivity contribution < 1.29 is 33.4 Å². The number of methoxy groups -OCH3 is 1. The number of hydrogen-bond donors (Lipinski definition) is 3. The summed E-state index contributed by atoms with van der Waals surface area (Å²) >= 11 is 0. The van der Waals surface area contributed by atoms with E-state index < -0.39 is 0 Å². The van der Waals surface area contributed by atoms with E-state index in [0.717, 1.165) is 42.5 Å². The second kappa shape index (κ2) is 20.5. The molecule has 2 amide bonds. The van der Waals surface area contributed by atoms with Gasteiger partial charge >= 0.3 is 5.97 Å². The molecule has 55 heavy (non-hydrogen) atoms. The van der Waals surface area contributed by atoms with E-state index in [1.807, 2.05) is 82.6 Å². The number of aldehydes is 1. The van der Waals surface area contributed by atoms with Gasteiger partial charge in [0, 0.05) is 76.6 Å². The summed E-state index contributed by atoms with van der Waals surface area (Å²) in [6.45, 7) is 6.04. The van der Waals surface area contributed by atoms with Crippen LogP contribution in [0.15, 0.2) is 65.9 Å². The van der Waals surface area contributed by atoms with Gasteiger partial charge in [-0.05, 0) is 62.2 Å². The number of aromatic nitrogens is 2. The lowest BCUT2D eigenvalue weighted by atomic mass is 10.1. The monoisotopic (exact) mass is 755 g/mol. The van der Waals surface area contributed by atoms with Crippen LogP contribution in [-0.2, 0) is 23.6 Å². The van der Waals surface area contributed by atoms with Gasteiger partial charge in [0.15, 0.2) is 17.8 Å². The molecule has 1 unspecified atom stereocenters. The Morgan fingerprint density at radius 3 is 2.38 bits per heavy atom. The molecule has 1 saturated heterocycles. The summed E-state index contributed by atoms with van der Waals surface area (Å²) in [5.74, 6) is 0.435. The largest absolute Gasteiger partial charge is 0.493 e. The first-order valence-corrected chi connectivity index (χ1v) is 18.5. The molecule has 0 spiro atoms. The molecule has 0 bridgehead atoms. The predicted molar refractivity (Wildman–Crippen MR) is 215 cm³/mol. The summed E-state index contributed by atoms with van der Waals surface area (Å²) < 4.78 is 19.9. The van der Waals surface area contributed by atoms with Crippen LogP contribution in [0.5, 0.6) is 11.5 Å². The molecule has 294 valence electrons. The van der Waals surface area contributed by atoms with E-state index in [4.69, 9.17) is 14.2 Å². The van der Waals surface area contributed by atoms with Crippen molar-refractivity contribution in [1.82, 2.24) is 19.4 Å². The Morgan fingerprint density at radius 1 is 0.945 bits per heavy atom. The van der Waals surface area contributed by atoms with E-state index in [1.165, 1.54) is 7.11 Å². The Bertz CT molecular complexity index is 1950. The topological polar surface area (TPSA) is 158 Å². The third-order valence-corrected chi connectivity index (χ3v) is 9.02. The second-order valence-corrected chi connectivity index (χ2v) is 12.7. The molecule has 4 aromatic rings. The molecule has 0 radical (unpaired) electrons. The smallest absolute Gasteiger partial charge is 0.355 e. The van der Waals surface area contributed by atoms with Crippen LogP contribution in [0.2, 0.25) is 0 Å². The van der Waals surface area contributed by atoms with Gasteiger partial charge < -0.3 is 44.2 Å². The first-order chi connectivity index (χ1) is 26.6. The molecule has 0 saturated carbocycles. The van der Waals surface area contributed by atoms with Gasteiger partial charge in [-0.25, -0.2) is 4.79 Å². The standard InChI is InChI=1S/C23H26N4O5.C16H21N3O2.C2H6/c1-26-13-15(9-17(26)14-28)25-22(29)6-4-8-32-21-11-19-18(10-20(21)31-2)23(30)27-7-3-5-16(27)12-24-19;1-17-8-9-21-16(20)15-10-13(11-19(15)3)12-4-6-14(18-2)7-5-12;1-2/h9-14,16H,3-8H2,1-2H3,(H,25,29);4-7,10-11,17-18H,8-9H2,1-3H3;1-2H3. The van der Waals surface area contributed by atoms with Gasteiger partial charge in [-0.1, -0.05) is 26.0 Å². The molecule has 6 rings (SSSR count). The normalized spacial score (nSPS) is 13.9. The van der Waals surface area contributed by atoms with Gasteiger partial charge in [0.2, 0.25) is 5.91 Å². The number of esters is 1. The lowest BCUT2D eigenvalue weighted by molar-refractivity contribution is -0.116. The first-order valence-electron chi connectivity index (χ1n) is 18.5. The number of aryl methyl sites for hydroxylation is 2. The van der Waals surface area contributed by atoms with Crippen molar-refractivity contribution in [2.45, 2.75) is 45.6 Å². The zero-order valence-corrected chi connectivity index (χ0v) is 32.8. The first kappa shape index (κ1) is 41.9. The number of benzene rings is 2. The third-order valence-electron chi connectivity index (χ3n) is 9.02. The molecule has 2 aromatic carbocycles. The number of nitrogens with one attached hydrogen (secondary N) is 3. The number of ether oxygens (including phenoxy) is 3. The summed E-state index contributed by atoms with van der Waals surface area (Å²) in [5, 5.41) is 8.80. The van der Waals surface area contributed by atoms with Crippen molar-refractivity contribution in [1.29, 1.82) is 0 Å².